The standard InChI is InChI=1S/C19H25N5/c1-5-6-7-8-9-24-15(4)18(19-20-12-21-23-19)22-16-10-13(2)14(3)11-17(16)24/h10-12H,4-9H2,1-3H3,(H,20,21,23). The van der Waals surface area contributed by atoms with Crippen molar-refractivity contribution in [3.8, 4) is 0 Å². The van der Waals surface area contributed by atoms with Gasteiger partial charge in [-0.3, -0.25) is 5.10 Å². The molecule has 5 nitrogen and oxygen atoms in total. The van der Waals surface area contributed by atoms with Gasteiger partial charge >= 0.3 is 0 Å². The van der Waals surface area contributed by atoms with Crippen LogP contribution in [0.4, 0.5) is 11.4 Å². The van der Waals surface area contributed by atoms with E-state index in [0.29, 0.717) is 5.82 Å². The highest BCUT2D eigenvalue weighted by Gasteiger charge is 2.26. The zero-order valence-electron chi connectivity index (χ0n) is 14.8. The fraction of sp³-hybridized carbons (Fsp3) is 0.421. The molecule has 0 radical (unpaired) electrons. The molecule has 1 aromatic heterocycles. The van der Waals surface area contributed by atoms with E-state index < -0.39 is 0 Å². The molecule has 1 aromatic carbocycles. The Hall–Kier alpha value is -2.43. The van der Waals surface area contributed by atoms with E-state index in [1.54, 1.807) is 0 Å². The van der Waals surface area contributed by atoms with Crippen LogP contribution in [0.2, 0.25) is 0 Å². The smallest absolute Gasteiger partial charge is 0.176 e. The lowest BCUT2D eigenvalue weighted by Crippen LogP contribution is -2.31. The summed E-state index contributed by atoms with van der Waals surface area (Å²) in [6, 6.07) is 4.36. The van der Waals surface area contributed by atoms with Crippen molar-refractivity contribution in [1.29, 1.82) is 0 Å². The Bertz CT molecular complexity index is 758. The van der Waals surface area contributed by atoms with Crippen LogP contribution >= 0.6 is 0 Å². The highest BCUT2D eigenvalue weighted by molar-refractivity contribution is 6.15. The van der Waals surface area contributed by atoms with Crippen molar-refractivity contribution in [3.63, 3.8) is 0 Å². The van der Waals surface area contributed by atoms with E-state index in [9.17, 15) is 0 Å². The maximum Gasteiger partial charge on any atom is 0.176 e. The number of allylic oxidation sites excluding steroid dienone is 1. The second-order valence-corrected chi connectivity index (χ2v) is 6.38. The topological polar surface area (TPSA) is 57.2 Å². The van der Waals surface area contributed by atoms with Crippen LogP contribution in [-0.2, 0) is 0 Å². The second kappa shape index (κ2) is 6.99. The van der Waals surface area contributed by atoms with Crippen LogP contribution in [0.5, 0.6) is 0 Å². The Balaban J connectivity index is 1.98. The molecule has 1 aliphatic rings. The molecule has 0 saturated carbocycles. The normalized spacial score (nSPS) is 13.9. The lowest BCUT2D eigenvalue weighted by molar-refractivity contribution is 0.664. The van der Waals surface area contributed by atoms with Crippen LogP contribution in [0.1, 0.15) is 49.6 Å². The molecule has 0 atom stereocenters. The van der Waals surface area contributed by atoms with Crippen molar-refractivity contribution >= 4 is 17.1 Å². The Morgan fingerprint density at radius 2 is 1.92 bits per heavy atom. The van der Waals surface area contributed by atoms with Gasteiger partial charge in [0.2, 0.25) is 0 Å². The van der Waals surface area contributed by atoms with Gasteiger partial charge in [0.25, 0.3) is 0 Å². The molecule has 1 N–H and O–H groups in total. The van der Waals surface area contributed by atoms with Crippen LogP contribution in [0.15, 0.2) is 35.7 Å². The highest BCUT2D eigenvalue weighted by Crippen LogP contribution is 2.38. The first-order valence-corrected chi connectivity index (χ1v) is 8.64. The first kappa shape index (κ1) is 16.4. The van der Waals surface area contributed by atoms with E-state index in [1.807, 2.05) is 0 Å². The van der Waals surface area contributed by atoms with Crippen molar-refractivity contribution in [2.75, 3.05) is 11.4 Å². The van der Waals surface area contributed by atoms with Crippen LogP contribution in [-0.4, -0.2) is 27.4 Å². The fourth-order valence-corrected chi connectivity index (χ4v) is 3.01. The molecular formula is C19H25N5. The average molecular weight is 323 g/mol. The van der Waals surface area contributed by atoms with Gasteiger partial charge in [-0.15, -0.1) is 0 Å². The van der Waals surface area contributed by atoms with Crippen molar-refractivity contribution in [1.82, 2.24) is 15.2 Å². The van der Waals surface area contributed by atoms with E-state index in [4.69, 9.17) is 4.99 Å². The van der Waals surface area contributed by atoms with Crippen molar-refractivity contribution in [2.45, 2.75) is 46.5 Å². The van der Waals surface area contributed by atoms with Gasteiger partial charge in [-0.05, 0) is 43.5 Å². The number of anilines is 1. The van der Waals surface area contributed by atoms with Crippen molar-refractivity contribution < 1.29 is 0 Å². The summed E-state index contributed by atoms with van der Waals surface area (Å²) in [5, 5.41) is 6.87. The number of H-pyrrole nitrogens is 1. The van der Waals surface area contributed by atoms with Crippen LogP contribution in [0.3, 0.4) is 0 Å². The number of unbranched alkanes of at least 4 members (excludes halogenated alkanes) is 3. The van der Waals surface area contributed by atoms with E-state index in [-0.39, 0.29) is 0 Å². The number of benzene rings is 1. The molecular weight excluding hydrogens is 298 g/mol. The summed E-state index contributed by atoms with van der Waals surface area (Å²) < 4.78 is 0. The van der Waals surface area contributed by atoms with E-state index in [2.05, 4.69) is 59.6 Å². The molecule has 0 fully saturated rings. The first-order chi connectivity index (χ1) is 11.6. The number of nitrogens with zero attached hydrogens (tertiary/aromatic N) is 4. The summed E-state index contributed by atoms with van der Waals surface area (Å²) in [6.45, 7) is 11.7. The Labute approximate surface area is 143 Å². The largest absolute Gasteiger partial charge is 0.338 e. The monoisotopic (exact) mass is 323 g/mol. The zero-order valence-corrected chi connectivity index (χ0v) is 14.8. The number of rotatable bonds is 6. The summed E-state index contributed by atoms with van der Waals surface area (Å²) in [5.74, 6) is 0.669. The maximum atomic E-state index is 4.81. The third-order valence-electron chi connectivity index (χ3n) is 4.59. The predicted octanol–water partition coefficient (Wildman–Crippen LogP) is 4.46. The Kier molecular flexibility index (Phi) is 4.79. The van der Waals surface area contributed by atoms with Gasteiger partial charge in [0.15, 0.2) is 5.82 Å². The zero-order chi connectivity index (χ0) is 17.1. The third kappa shape index (κ3) is 3.11. The SMILES string of the molecule is C=C1C(c2ncn[nH]2)=Nc2cc(C)c(C)cc2N1CCCCCC. The number of hydrogen-bond acceptors (Lipinski definition) is 4. The van der Waals surface area contributed by atoms with Gasteiger partial charge in [0, 0.05) is 6.54 Å². The summed E-state index contributed by atoms with van der Waals surface area (Å²) in [5.41, 5.74) is 6.30. The fourth-order valence-electron chi connectivity index (χ4n) is 3.01. The molecule has 0 saturated heterocycles. The number of fused-ring (bicyclic) bond motifs is 1. The van der Waals surface area contributed by atoms with Gasteiger partial charge in [0.05, 0.1) is 17.1 Å². The summed E-state index contributed by atoms with van der Waals surface area (Å²) in [6.07, 6.45) is 6.38. The maximum absolute atomic E-state index is 4.81. The van der Waals surface area contributed by atoms with Gasteiger partial charge in [0.1, 0.15) is 12.0 Å². The molecule has 2 heterocycles. The van der Waals surface area contributed by atoms with Gasteiger partial charge in [-0.1, -0.05) is 32.8 Å². The van der Waals surface area contributed by atoms with Crippen molar-refractivity contribution in [2.24, 2.45) is 4.99 Å². The Morgan fingerprint density at radius 1 is 1.12 bits per heavy atom. The average Bonchev–Trinajstić information content (AvgIpc) is 3.09. The van der Waals surface area contributed by atoms with E-state index >= 15 is 0 Å². The van der Waals surface area contributed by atoms with E-state index in [0.717, 1.165) is 35.7 Å². The van der Waals surface area contributed by atoms with Crippen LogP contribution in [0, 0.1) is 13.8 Å². The third-order valence-corrected chi connectivity index (χ3v) is 4.59. The van der Waals surface area contributed by atoms with Gasteiger partial charge in [-0.25, -0.2) is 9.98 Å². The van der Waals surface area contributed by atoms with Crippen LogP contribution in [0.25, 0.3) is 0 Å². The second-order valence-electron chi connectivity index (χ2n) is 6.38. The number of nitrogens with one attached hydrogen (secondary N) is 1. The molecule has 24 heavy (non-hydrogen) atoms. The quantitative estimate of drug-likeness (QED) is 0.799. The van der Waals surface area contributed by atoms with E-state index in [1.165, 1.54) is 36.7 Å². The van der Waals surface area contributed by atoms with Gasteiger partial charge < -0.3 is 4.90 Å². The minimum Gasteiger partial charge on any atom is -0.338 e. The van der Waals surface area contributed by atoms with Crippen molar-refractivity contribution in [3.05, 3.63) is 47.7 Å². The molecule has 1 aliphatic heterocycles. The highest BCUT2D eigenvalue weighted by atomic mass is 15.2. The van der Waals surface area contributed by atoms with Gasteiger partial charge in [-0.2, -0.15) is 5.10 Å². The summed E-state index contributed by atoms with van der Waals surface area (Å²) in [7, 11) is 0. The molecule has 0 spiro atoms. The predicted molar refractivity (Wildman–Crippen MR) is 99.1 cm³/mol. The number of aliphatic imine (C=N–C) groups is 1. The Morgan fingerprint density at radius 3 is 2.62 bits per heavy atom. The first-order valence-electron chi connectivity index (χ1n) is 8.64. The molecule has 2 aromatic rings. The minimum atomic E-state index is 0.669. The molecule has 0 aliphatic carbocycles. The summed E-state index contributed by atoms with van der Waals surface area (Å²) in [4.78, 5) is 11.3. The molecule has 0 bridgehead atoms. The number of aryl methyl sites for hydroxylation is 2. The van der Waals surface area contributed by atoms with Crippen LogP contribution < -0.4 is 4.90 Å². The number of aromatic nitrogens is 3. The molecule has 5 heteroatoms. The minimum absolute atomic E-state index is 0.669. The molecule has 3 rings (SSSR count). The summed E-state index contributed by atoms with van der Waals surface area (Å²) >= 11 is 0. The lowest BCUT2D eigenvalue weighted by atomic mass is 10.0. The molecule has 0 unspecified atom stereocenters. The molecule has 0 amide bonds. The lowest BCUT2D eigenvalue weighted by Gasteiger charge is -2.32. The number of aromatic amines is 1. The number of hydrogen-bond donors (Lipinski definition) is 1. The molecule has 126 valence electrons.